The molecule has 19 heavy (non-hydrogen) atoms. The van der Waals surface area contributed by atoms with E-state index in [9.17, 15) is 0 Å². The zero-order valence-corrected chi connectivity index (χ0v) is 12.3. The Hall–Kier alpha value is -0.870. The van der Waals surface area contributed by atoms with Crippen LogP contribution in [-0.4, -0.2) is 15.6 Å². The van der Waals surface area contributed by atoms with Crippen LogP contribution in [0.5, 0.6) is 0 Å². The molecule has 1 aromatic heterocycles. The molecular weight excluding hydrogens is 236 g/mol. The summed E-state index contributed by atoms with van der Waals surface area (Å²) < 4.78 is 2.26. The second-order valence-electron chi connectivity index (χ2n) is 6.03. The first-order valence-corrected chi connectivity index (χ1v) is 7.70. The van der Waals surface area contributed by atoms with Crippen LogP contribution in [0.1, 0.15) is 51.8 Å². The molecule has 1 atom stereocenters. The van der Waals surface area contributed by atoms with Crippen LogP contribution in [0.25, 0.3) is 0 Å². The van der Waals surface area contributed by atoms with E-state index in [2.05, 4.69) is 35.0 Å². The van der Waals surface area contributed by atoms with Gasteiger partial charge in [0.05, 0.1) is 0 Å². The van der Waals surface area contributed by atoms with Gasteiger partial charge >= 0.3 is 0 Å². The van der Waals surface area contributed by atoms with Crippen molar-refractivity contribution in [2.24, 2.45) is 17.7 Å². The lowest BCUT2D eigenvalue weighted by Gasteiger charge is -2.32. The van der Waals surface area contributed by atoms with Crippen molar-refractivity contribution in [3.8, 4) is 0 Å². The van der Waals surface area contributed by atoms with Crippen LogP contribution >= 0.6 is 0 Å². The summed E-state index contributed by atoms with van der Waals surface area (Å²) in [6, 6.07) is 0.366. The summed E-state index contributed by atoms with van der Waals surface area (Å²) in [6.07, 6.45) is 11.3. The van der Waals surface area contributed by atoms with Crippen LogP contribution in [0.4, 0.5) is 0 Å². The van der Waals surface area contributed by atoms with Gasteiger partial charge in [-0.3, -0.25) is 11.3 Å². The van der Waals surface area contributed by atoms with E-state index in [0.29, 0.717) is 12.0 Å². The maximum absolute atomic E-state index is 5.79. The molecule has 0 spiro atoms. The number of aromatic nitrogens is 2. The molecule has 1 saturated carbocycles. The lowest BCUT2D eigenvalue weighted by molar-refractivity contribution is 0.227. The van der Waals surface area contributed by atoms with E-state index in [4.69, 9.17) is 5.84 Å². The number of nitrogens with zero attached hydrogens (tertiary/aromatic N) is 2. The number of hydrogen-bond donors (Lipinski definition) is 2. The second kappa shape index (κ2) is 7.06. The molecule has 0 saturated heterocycles. The summed E-state index contributed by atoms with van der Waals surface area (Å²) in [5.41, 5.74) is 3.04. The van der Waals surface area contributed by atoms with Gasteiger partial charge in [0, 0.05) is 31.4 Å². The lowest BCUT2D eigenvalue weighted by atomic mass is 9.78. The highest BCUT2D eigenvalue weighted by Gasteiger charge is 2.26. The van der Waals surface area contributed by atoms with Crippen molar-refractivity contribution in [1.82, 2.24) is 15.0 Å². The summed E-state index contributed by atoms with van der Waals surface area (Å²) in [6.45, 7) is 5.61. The van der Waals surface area contributed by atoms with Crippen molar-refractivity contribution < 1.29 is 0 Å². The summed E-state index contributed by atoms with van der Waals surface area (Å²) in [4.78, 5) is 4.50. The van der Waals surface area contributed by atoms with Crippen LogP contribution in [-0.2, 0) is 13.0 Å². The standard InChI is InChI=1S/C15H28N4/c1-3-9-19-10-8-17-15(19)11-14(18-16)13-6-4-12(2)5-7-13/h8,10,12-14,18H,3-7,9,11,16H2,1-2H3. The van der Waals surface area contributed by atoms with Crippen LogP contribution in [0.3, 0.4) is 0 Å². The molecular formula is C15H28N4. The fourth-order valence-electron chi connectivity index (χ4n) is 3.22. The number of nitrogens with two attached hydrogens (primary N) is 1. The molecule has 0 bridgehead atoms. The van der Waals surface area contributed by atoms with Gasteiger partial charge in [-0.25, -0.2) is 4.98 Å². The number of rotatable bonds is 6. The summed E-state index contributed by atoms with van der Waals surface area (Å²) in [5.74, 6) is 8.55. The molecule has 1 aliphatic carbocycles. The smallest absolute Gasteiger partial charge is 0.110 e. The molecule has 1 aromatic rings. The molecule has 1 fully saturated rings. The fraction of sp³-hybridized carbons (Fsp3) is 0.800. The summed E-state index contributed by atoms with van der Waals surface area (Å²) in [7, 11) is 0. The minimum Gasteiger partial charge on any atom is -0.335 e. The molecule has 4 heteroatoms. The number of imidazole rings is 1. The zero-order chi connectivity index (χ0) is 13.7. The zero-order valence-electron chi connectivity index (χ0n) is 12.3. The van der Waals surface area contributed by atoms with Gasteiger partial charge in [0.25, 0.3) is 0 Å². The average molecular weight is 264 g/mol. The number of hydrazine groups is 1. The Morgan fingerprint density at radius 3 is 2.79 bits per heavy atom. The molecule has 4 nitrogen and oxygen atoms in total. The molecule has 0 radical (unpaired) electrons. The van der Waals surface area contributed by atoms with E-state index in [1.54, 1.807) is 0 Å². The molecule has 1 unspecified atom stereocenters. The SMILES string of the molecule is CCCn1ccnc1CC(NN)C1CCC(C)CC1. The van der Waals surface area contributed by atoms with Crippen molar-refractivity contribution in [3.05, 3.63) is 18.2 Å². The van der Waals surface area contributed by atoms with Gasteiger partial charge in [0.1, 0.15) is 5.82 Å². The van der Waals surface area contributed by atoms with E-state index < -0.39 is 0 Å². The van der Waals surface area contributed by atoms with E-state index in [1.165, 1.54) is 31.5 Å². The Kier molecular flexibility index (Phi) is 5.40. The third kappa shape index (κ3) is 3.80. The molecule has 1 aliphatic rings. The molecule has 1 heterocycles. The molecule has 0 aliphatic heterocycles. The molecule has 108 valence electrons. The minimum absolute atomic E-state index is 0.366. The third-order valence-corrected chi connectivity index (χ3v) is 4.51. The van der Waals surface area contributed by atoms with E-state index >= 15 is 0 Å². The van der Waals surface area contributed by atoms with Crippen LogP contribution in [0, 0.1) is 11.8 Å². The summed E-state index contributed by atoms with van der Waals surface area (Å²) in [5, 5.41) is 0. The Balaban J connectivity index is 1.96. The lowest BCUT2D eigenvalue weighted by Crippen LogP contribution is -2.44. The largest absolute Gasteiger partial charge is 0.335 e. The van der Waals surface area contributed by atoms with Crippen molar-refractivity contribution in [2.75, 3.05) is 0 Å². The Labute approximate surface area is 116 Å². The highest BCUT2D eigenvalue weighted by Crippen LogP contribution is 2.31. The molecule has 3 N–H and O–H groups in total. The number of hydrogen-bond acceptors (Lipinski definition) is 3. The van der Waals surface area contributed by atoms with Crippen molar-refractivity contribution in [1.29, 1.82) is 0 Å². The predicted molar refractivity (Wildman–Crippen MR) is 78.5 cm³/mol. The van der Waals surface area contributed by atoms with Gasteiger partial charge in [-0.2, -0.15) is 0 Å². The quantitative estimate of drug-likeness (QED) is 0.613. The fourth-order valence-corrected chi connectivity index (χ4v) is 3.22. The first kappa shape index (κ1) is 14.5. The topological polar surface area (TPSA) is 55.9 Å². The third-order valence-electron chi connectivity index (χ3n) is 4.51. The average Bonchev–Trinajstić information content (AvgIpc) is 2.85. The van der Waals surface area contributed by atoms with Crippen LogP contribution < -0.4 is 11.3 Å². The van der Waals surface area contributed by atoms with Gasteiger partial charge in [-0.1, -0.05) is 26.7 Å². The van der Waals surface area contributed by atoms with Crippen molar-refractivity contribution >= 4 is 0 Å². The van der Waals surface area contributed by atoms with E-state index in [0.717, 1.165) is 25.3 Å². The molecule has 2 rings (SSSR count). The maximum Gasteiger partial charge on any atom is 0.110 e. The van der Waals surface area contributed by atoms with Crippen LogP contribution in [0.15, 0.2) is 12.4 Å². The van der Waals surface area contributed by atoms with Gasteiger partial charge in [0.2, 0.25) is 0 Å². The van der Waals surface area contributed by atoms with Gasteiger partial charge < -0.3 is 4.57 Å². The monoisotopic (exact) mass is 264 g/mol. The normalized spacial score (nSPS) is 25.4. The Morgan fingerprint density at radius 1 is 1.42 bits per heavy atom. The Morgan fingerprint density at radius 2 is 2.16 bits per heavy atom. The van der Waals surface area contributed by atoms with Crippen molar-refractivity contribution in [2.45, 2.75) is 65.0 Å². The summed E-state index contributed by atoms with van der Waals surface area (Å²) >= 11 is 0. The Bertz CT molecular complexity index is 366. The highest BCUT2D eigenvalue weighted by molar-refractivity contribution is 4.97. The van der Waals surface area contributed by atoms with E-state index in [-0.39, 0.29) is 0 Å². The van der Waals surface area contributed by atoms with Crippen molar-refractivity contribution in [3.63, 3.8) is 0 Å². The minimum atomic E-state index is 0.366. The number of nitrogens with one attached hydrogen (secondary N) is 1. The number of aryl methyl sites for hydroxylation is 1. The predicted octanol–water partition coefficient (Wildman–Crippen LogP) is 2.49. The van der Waals surface area contributed by atoms with Crippen LogP contribution in [0.2, 0.25) is 0 Å². The first-order chi connectivity index (χ1) is 9.24. The first-order valence-electron chi connectivity index (χ1n) is 7.70. The highest BCUT2D eigenvalue weighted by atomic mass is 15.2. The second-order valence-corrected chi connectivity index (χ2v) is 6.03. The molecule has 0 aromatic carbocycles. The molecule has 0 amide bonds. The van der Waals surface area contributed by atoms with Gasteiger partial charge in [-0.05, 0) is 31.1 Å². The van der Waals surface area contributed by atoms with E-state index in [1.807, 2.05) is 6.20 Å². The maximum atomic E-state index is 5.79. The van der Waals surface area contributed by atoms with Gasteiger partial charge in [-0.15, -0.1) is 0 Å². The van der Waals surface area contributed by atoms with Gasteiger partial charge in [0.15, 0.2) is 0 Å².